The van der Waals surface area contributed by atoms with Crippen LogP contribution in [0.15, 0.2) is 12.1 Å². The molecule has 5 nitrogen and oxygen atoms in total. The fourth-order valence-corrected chi connectivity index (χ4v) is 1.52. The monoisotopic (exact) mass is 251 g/mol. The summed E-state index contributed by atoms with van der Waals surface area (Å²) < 4.78 is 5.53. The van der Waals surface area contributed by atoms with Crippen LogP contribution in [0, 0.1) is 6.92 Å². The van der Waals surface area contributed by atoms with Gasteiger partial charge in [0.05, 0.1) is 18.7 Å². The van der Waals surface area contributed by atoms with Gasteiger partial charge in [-0.05, 0) is 32.9 Å². The van der Waals surface area contributed by atoms with Crippen LogP contribution in [0.3, 0.4) is 0 Å². The van der Waals surface area contributed by atoms with Gasteiger partial charge in [-0.15, -0.1) is 0 Å². The first-order valence-corrected chi connectivity index (χ1v) is 6.11. The number of ether oxygens (including phenoxy) is 1. The zero-order valence-electron chi connectivity index (χ0n) is 11.2. The molecule has 1 rings (SSSR count). The molecule has 0 saturated heterocycles. The van der Waals surface area contributed by atoms with Crippen LogP contribution in [0.5, 0.6) is 5.75 Å². The maximum Gasteiger partial charge on any atom is 0.223 e. The molecule has 5 heteroatoms. The maximum absolute atomic E-state index is 11.4. The average molecular weight is 251 g/mol. The fourth-order valence-electron chi connectivity index (χ4n) is 1.52. The Bertz CT molecular complexity index is 405. The van der Waals surface area contributed by atoms with E-state index in [4.69, 9.17) is 10.5 Å². The van der Waals surface area contributed by atoms with Gasteiger partial charge in [-0.25, -0.2) is 0 Å². The molecule has 18 heavy (non-hydrogen) atoms. The summed E-state index contributed by atoms with van der Waals surface area (Å²) in [5.41, 5.74) is 7.22. The van der Waals surface area contributed by atoms with Gasteiger partial charge in [-0.2, -0.15) is 0 Å². The van der Waals surface area contributed by atoms with E-state index in [1.165, 1.54) is 0 Å². The summed E-state index contributed by atoms with van der Waals surface area (Å²) in [4.78, 5) is 15.7. The smallest absolute Gasteiger partial charge is 0.223 e. The highest BCUT2D eigenvalue weighted by Crippen LogP contribution is 2.16. The number of amides is 1. The molecular formula is C13H21N3O2. The van der Waals surface area contributed by atoms with Crippen LogP contribution >= 0.6 is 0 Å². The van der Waals surface area contributed by atoms with Gasteiger partial charge < -0.3 is 15.8 Å². The molecule has 0 fully saturated rings. The molecule has 1 aromatic rings. The van der Waals surface area contributed by atoms with Crippen LogP contribution in [-0.2, 0) is 11.3 Å². The van der Waals surface area contributed by atoms with Crippen molar-refractivity contribution < 1.29 is 9.53 Å². The van der Waals surface area contributed by atoms with Crippen LogP contribution in [0.1, 0.15) is 31.7 Å². The number of hydrogen-bond donors (Lipinski definition) is 2. The molecular weight excluding hydrogens is 230 g/mol. The first kappa shape index (κ1) is 14.4. The van der Waals surface area contributed by atoms with Crippen molar-refractivity contribution in [3.63, 3.8) is 0 Å². The van der Waals surface area contributed by atoms with E-state index in [1.807, 2.05) is 32.9 Å². The quantitative estimate of drug-likeness (QED) is 0.795. The minimum atomic E-state index is -0.0145. The largest absolute Gasteiger partial charge is 0.491 e. The summed E-state index contributed by atoms with van der Waals surface area (Å²) >= 11 is 0. The van der Waals surface area contributed by atoms with Gasteiger partial charge in [-0.1, -0.05) is 0 Å². The standard InChI is InChI=1S/C13H21N3O2/c1-9(2)15-13(17)6-7-18-12-5-4-10(3)16-11(12)8-14/h4-5,9H,6-8,14H2,1-3H3,(H,15,17). The molecule has 0 aliphatic carbocycles. The summed E-state index contributed by atoms with van der Waals surface area (Å²) in [7, 11) is 0. The van der Waals surface area contributed by atoms with Gasteiger partial charge in [-0.3, -0.25) is 9.78 Å². The van der Waals surface area contributed by atoms with Crippen LogP contribution in [-0.4, -0.2) is 23.5 Å². The molecule has 0 spiro atoms. The third-order valence-electron chi connectivity index (χ3n) is 2.30. The number of carbonyl (C=O) groups excluding carboxylic acids is 1. The molecule has 0 aromatic carbocycles. The summed E-state index contributed by atoms with van der Waals surface area (Å²) in [6.45, 7) is 6.41. The summed E-state index contributed by atoms with van der Waals surface area (Å²) in [5, 5.41) is 2.81. The highest BCUT2D eigenvalue weighted by atomic mass is 16.5. The molecule has 1 heterocycles. The molecule has 0 saturated carbocycles. The molecule has 1 amide bonds. The van der Waals surface area contributed by atoms with Crippen molar-refractivity contribution in [3.05, 3.63) is 23.5 Å². The molecule has 3 N–H and O–H groups in total. The van der Waals surface area contributed by atoms with E-state index in [9.17, 15) is 4.79 Å². The van der Waals surface area contributed by atoms with Crippen molar-refractivity contribution in [2.75, 3.05) is 6.61 Å². The van der Waals surface area contributed by atoms with Crippen molar-refractivity contribution in [1.82, 2.24) is 10.3 Å². The maximum atomic E-state index is 11.4. The van der Waals surface area contributed by atoms with Gasteiger partial charge in [0.1, 0.15) is 5.75 Å². The molecule has 0 bridgehead atoms. The number of aryl methyl sites for hydroxylation is 1. The minimum absolute atomic E-state index is 0.0145. The molecule has 100 valence electrons. The number of nitrogens with two attached hydrogens (primary N) is 1. The second kappa shape index (κ2) is 6.96. The predicted octanol–water partition coefficient (Wildman–Crippen LogP) is 1.14. The van der Waals surface area contributed by atoms with Crippen molar-refractivity contribution in [2.45, 2.75) is 39.8 Å². The molecule has 0 unspecified atom stereocenters. The van der Waals surface area contributed by atoms with Gasteiger partial charge in [0, 0.05) is 18.3 Å². The lowest BCUT2D eigenvalue weighted by atomic mass is 10.3. The van der Waals surface area contributed by atoms with E-state index in [1.54, 1.807) is 0 Å². The Labute approximate surface area is 108 Å². The van der Waals surface area contributed by atoms with Crippen molar-refractivity contribution in [3.8, 4) is 5.75 Å². The minimum Gasteiger partial charge on any atom is -0.491 e. The van der Waals surface area contributed by atoms with Crippen LogP contribution in [0.2, 0.25) is 0 Å². The lowest BCUT2D eigenvalue weighted by Gasteiger charge is -2.11. The van der Waals surface area contributed by atoms with E-state index < -0.39 is 0 Å². The van der Waals surface area contributed by atoms with E-state index in [0.717, 1.165) is 11.4 Å². The van der Waals surface area contributed by atoms with Crippen LogP contribution in [0.4, 0.5) is 0 Å². The Hall–Kier alpha value is -1.62. The average Bonchev–Trinajstić information content (AvgIpc) is 2.30. The van der Waals surface area contributed by atoms with Crippen molar-refractivity contribution >= 4 is 5.91 Å². The van der Waals surface area contributed by atoms with E-state index >= 15 is 0 Å². The van der Waals surface area contributed by atoms with E-state index in [0.29, 0.717) is 25.3 Å². The first-order chi connectivity index (χ1) is 8.52. The number of rotatable bonds is 6. The Morgan fingerprint density at radius 3 is 2.83 bits per heavy atom. The van der Waals surface area contributed by atoms with Crippen LogP contribution in [0.25, 0.3) is 0 Å². The zero-order valence-corrected chi connectivity index (χ0v) is 11.2. The summed E-state index contributed by atoms with van der Waals surface area (Å²) in [6, 6.07) is 3.85. The Kier molecular flexibility index (Phi) is 5.58. The van der Waals surface area contributed by atoms with Crippen molar-refractivity contribution in [1.29, 1.82) is 0 Å². The predicted molar refractivity (Wildman–Crippen MR) is 70.3 cm³/mol. The molecule has 0 aliphatic rings. The van der Waals surface area contributed by atoms with Crippen molar-refractivity contribution in [2.24, 2.45) is 5.73 Å². The topological polar surface area (TPSA) is 77.2 Å². The third-order valence-corrected chi connectivity index (χ3v) is 2.30. The fraction of sp³-hybridized carbons (Fsp3) is 0.538. The lowest BCUT2D eigenvalue weighted by molar-refractivity contribution is -0.122. The SMILES string of the molecule is Cc1ccc(OCCC(=O)NC(C)C)c(CN)n1. The molecule has 1 aromatic heterocycles. The summed E-state index contributed by atoms with van der Waals surface area (Å²) in [6.07, 6.45) is 0.329. The van der Waals surface area contributed by atoms with E-state index in [-0.39, 0.29) is 11.9 Å². The number of pyridine rings is 1. The van der Waals surface area contributed by atoms with Gasteiger partial charge in [0.15, 0.2) is 0 Å². The van der Waals surface area contributed by atoms with E-state index in [2.05, 4.69) is 10.3 Å². The normalized spacial score (nSPS) is 10.5. The Morgan fingerprint density at radius 2 is 2.22 bits per heavy atom. The van der Waals surface area contributed by atoms with Gasteiger partial charge >= 0.3 is 0 Å². The first-order valence-electron chi connectivity index (χ1n) is 6.11. The number of nitrogens with one attached hydrogen (secondary N) is 1. The zero-order chi connectivity index (χ0) is 13.5. The third kappa shape index (κ3) is 4.71. The number of aromatic nitrogens is 1. The summed E-state index contributed by atoms with van der Waals surface area (Å²) in [5.74, 6) is 0.639. The number of nitrogens with zero attached hydrogens (tertiary/aromatic N) is 1. The highest BCUT2D eigenvalue weighted by molar-refractivity contribution is 5.76. The van der Waals surface area contributed by atoms with Gasteiger partial charge in [0.2, 0.25) is 5.91 Å². The van der Waals surface area contributed by atoms with Gasteiger partial charge in [0.25, 0.3) is 0 Å². The molecule has 0 aliphatic heterocycles. The Balaban J connectivity index is 2.46. The highest BCUT2D eigenvalue weighted by Gasteiger charge is 2.07. The number of carbonyl (C=O) groups is 1. The second-order valence-corrected chi connectivity index (χ2v) is 4.42. The molecule has 0 atom stereocenters. The number of hydrogen-bond acceptors (Lipinski definition) is 4. The Morgan fingerprint density at radius 1 is 1.50 bits per heavy atom. The van der Waals surface area contributed by atoms with Crippen LogP contribution < -0.4 is 15.8 Å². The molecule has 0 radical (unpaired) electrons. The second-order valence-electron chi connectivity index (χ2n) is 4.42. The lowest BCUT2D eigenvalue weighted by Crippen LogP contribution is -2.31.